The van der Waals surface area contributed by atoms with Gasteiger partial charge in [-0.2, -0.15) is 21.0 Å². The van der Waals surface area contributed by atoms with Gasteiger partial charge < -0.3 is 27.1 Å². The van der Waals surface area contributed by atoms with Crippen LogP contribution in [0.1, 0.15) is 22.3 Å². The van der Waals surface area contributed by atoms with Crippen molar-refractivity contribution in [1.82, 2.24) is 18.3 Å². The van der Waals surface area contributed by atoms with Gasteiger partial charge in [-0.15, -0.1) is 0 Å². The molecule has 0 amide bonds. The van der Waals surface area contributed by atoms with E-state index in [1.54, 1.807) is 0 Å². The van der Waals surface area contributed by atoms with E-state index in [-0.39, 0.29) is 11.1 Å². The number of fused-ring (bicyclic) bond motifs is 24. The van der Waals surface area contributed by atoms with Crippen LogP contribution in [-0.2, 0) is 0 Å². The Morgan fingerprint density at radius 3 is 1.06 bits per heavy atom. The second-order valence-electron chi connectivity index (χ2n) is 24.3. The van der Waals surface area contributed by atoms with Crippen LogP contribution in [0.2, 0.25) is 0 Å². The van der Waals surface area contributed by atoms with Crippen molar-refractivity contribution in [3.63, 3.8) is 0 Å². The first-order valence-electron chi connectivity index (χ1n) is 31.0. The van der Waals surface area contributed by atoms with Gasteiger partial charge in [0.2, 0.25) is 0 Å². The smallest absolute Gasteiger partial charge is 0.145 e. The van der Waals surface area contributed by atoms with Crippen molar-refractivity contribution < 1.29 is 8.83 Å². The Labute approximate surface area is 533 Å². The fraction of sp³-hybridized carbons (Fsp3) is 0. The largest absolute Gasteiger partial charge is 0.455 e. The van der Waals surface area contributed by atoms with E-state index >= 15 is 0 Å². The molecule has 0 bridgehead atoms. The number of furan rings is 2. The van der Waals surface area contributed by atoms with Crippen molar-refractivity contribution in [2.45, 2.75) is 0 Å². The first kappa shape index (κ1) is 51.3. The standard InChI is InChI=1S/C84H42N8O2/c85-43-51-39-73(89-65-20-8-3-16-60(65)79-55-14-2-1-13-47(55)26-32-69(79)89)74(40-52(51)44-86)90-66-21-9-4-17-61(66)80-56-29-25-48(37-50(56)27-33-70(80)90)49-28-36-78-64(38-49)59-31-35-72-82(84(59)94-78)63-19-6-11-23-68(63)92(72)76-42-54(46-88)53(45-87)41-75(76)91-67-22-10-5-18-62(67)81-71(91)34-30-58-57-15-7-12-24-77(57)93-83(58)81/h1-42H. The van der Waals surface area contributed by atoms with E-state index in [9.17, 15) is 21.0 Å². The van der Waals surface area contributed by atoms with E-state index in [0.717, 1.165) is 187 Å². The van der Waals surface area contributed by atoms with Crippen LogP contribution in [-0.4, -0.2) is 18.3 Å². The summed E-state index contributed by atoms with van der Waals surface area (Å²) < 4.78 is 22.7. The summed E-state index contributed by atoms with van der Waals surface area (Å²) >= 11 is 0. The molecule has 0 spiro atoms. The number of aromatic nitrogens is 4. The molecule has 6 aromatic heterocycles. The topological polar surface area (TPSA) is 141 Å². The average molecular weight is 1200 g/mol. The van der Waals surface area contributed by atoms with Gasteiger partial charge >= 0.3 is 0 Å². The van der Waals surface area contributed by atoms with Gasteiger partial charge in [0.15, 0.2) is 0 Å². The van der Waals surface area contributed by atoms with E-state index in [1.807, 2.05) is 66.7 Å². The summed E-state index contributed by atoms with van der Waals surface area (Å²) in [6, 6.07) is 97.3. The van der Waals surface area contributed by atoms with Gasteiger partial charge in [-0.25, -0.2) is 0 Å². The third kappa shape index (κ3) is 6.81. The Morgan fingerprint density at radius 1 is 0.234 bits per heavy atom. The maximum Gasteiger partial charge on any atom is 0.145 e. The molecule has 0 atom stereocenters. The lowest BCUT2D eigenvalue weighted by Crippen LogP contribution is -2.05. The minimum absolute atomic E-state index is 0.271. The minimum Gasteiger partial charge on any atom is -0.455 e. The van der Waals surface area contributed by atoms with Crippen LogP contribution in [0, 0.1) is 45.3 Å². The number of benzene rings is 14. The molecule has 430 valence electrons. The van der Waals surface area contributed by atoms with Crippen LogP contribution in [0.25, 0.3) is 187 Å². The van der Waals surface area contributed by atoms with Crippen LogP contribution in [0.4, 0.5) is 0 Å². The van der Waals surface area contributed by atoms with E-state index < -0.39 is 0 Å². The zero-order valence-electron chi connectivity index (χ0n) is 49.6. The monoisotopic (exact) mass is 1190 g/mol. The molecule has 94 heavy (non-hydrogen) atoms. The van der Waals surface area contributed by atoms with Gasteiger partial charge in [0, 0.05) is 53.9 Å². The minimum atomic E-state index is 0.271. The molecule has 0 saturated carbocycles. The summed E-state index contributed by atoms with van der Waals surface area (Å²) in [6.07, 6.45) is 0. The molecule has 0 aliphatic rings. The molecule has 14 aromatic carbocycles. The van der Waals surface area contributed by atoms with Crippen molar-refractivity contribution in [1.29, 1.82) is 21.0 Å². The third-order valence-corrected chi connectivity index (χ3v) is 19.7. The molecule has 0 aliphatic carbocycles. The molecule has 20 rings (SSSR count). The predicted molar refractivity (Wildman–Crippen MR) is 378 cm³/mol. The molecule has 0 unspecified atom stereocenters. The molecule has 0 saturated heterocycles. The number of nitrogens with zero attached hydrogens (tertiary/aromatic N) is 8. The van der Waals surface area contributed by atoms with Gasteiger partial charge in [-0.1, -0.05) is 146 Å². The number of hydrogen-bond acceptors (Lipinski definition) is 6. The first-order valence-corrected chi connectivity index (χ1v) is 31.0. The lowest BCUT2D eigenvalue weighted by Gasteiger charge is -2.18. The van der Waals surface area contributed by atoms with Gasteiger partial charge in [0.1, 0.15) is 46.6 Å². The lowest BCUT2D eigenvalue weighted by atomic mass is 9.97. The highest BCUT2D eigenvalue weighted by Crippen LogP contribution is 2.48. The molecular formula is C84H42N8O2. The van der Waals surface area contributed by atoms with Gasteiger partial charge in [-0.05, 0) is 142 Å². The van der Waals surface area contributed by atoms with Gasteiger partial charge in [0.25, 0.3) is 0 Å². The fourth-order valence-corrected chi connectivity index (χ4v) is 15.7. The predicted octanol–water partition coefficient (Wildman–Crippen LogP) is 21.3. The highest BCUT2D eigenvalue weighted by atomic mass is 16.3. The van der Waals surface area contributed by atoms with Crippen LogP contribution in [0.3, 0.4) is 0 Å². The Balaban J connectivity index is 0.750. The molecule has 0 N–H and O–H groups in total. The number of para-hydroxylation sites is 5. The average Bonchev–Trinajstić information content (AvgIpc) is 1.56. The van der Waals surface area contributed by atoms with Crippen molar-refractivity contribution in [2.75, 3.05) is 0 Å². The van der Waals surface area contributed by atoms with Crippen molar-refractivity contribution in [2.24, 2.45) is 0 Å². The van der Waals surface area contributed by atoms with E-state index in [2.05, 4.69) is 231 Å². The Bertz CT molecular complexity index is 7050. The first-order chi connectivity index (χ1) is 46.5. The van der Waals surface area contributed by atoms with Gasteiger partial charge in [0.05, 0.1) is 99.9 Å². The number of hydrogen-bond donors (Lipinski definition) is 0. The quantitative estimate of drug-likeness (QED) is 0.168. The maximum atomic E-state index is 10.7. The Kier molecular flexibility index (Phi) is 10.3. The third-order valence-electron chi connectivity index (χ3n) is 19.7. The van der Waals surface area contributed by atoms with Crippen molar-refractivity contribution in [3.05, 3.63) is 277 Å². The van der Waals surface area contributed by atoms with Gasteiger partial charge in [-0.3, -0.25) is 0 Å². The second kappa shape index (κ2) is 18.9. The molecular weight excluding hydrogens is 1150 g/mol. The zero-order valence-corrected chi connectivity index (χ0v) is 49.6. The summed E-state index contributed by atoms with van der Waals surface area (Å²) in [5.41, 5.74) is 16.9. The molecule has 0 aliphatic heterocycles. The number of rotatable bonds is 5. The van der Waals surface area contributed by atoms with Crippen LogP contribution in [0.15, 0.2) is 264 Å². The molecule has 0 fully saturated rings. The Morgan fingerprint density at radius 2 is 0.574 bits per heavy atom. The summed E-state index contributed by atoms with van der Waals surface area (Å²) in [7, 11) is 0. The van der Waals surface area contributed by atoms with E-state index in [0.29, 0.717) is 11.1 Å². The molecule has 20 aromatic rings. The number of nitriles is 4. The van der Waals surface area contributed by atoms with Crippen molar-refractivity contribution in [3.8, 4) is 58.2 Å². The SMILES string of the molecule is N#Cc1cc(-n2c3ccccc3c3c4ccccc4ccc32)c(-n2c3ccccc3c3c4ccc(-c5ccc6oc7c(ccc8c7c7ccccc7n8-c7cc(C#N)c(C#N)cc7-n7c8ccccc8c8c9oc%10ccccc%10c9ccc87)c6c5)cc4ccc32)cc1C#N. The molecule has 6 heterocycles. The summed E-state index contributed by atoms with van der Waals surface area (Å²) in [5.74, 6) is 0. The van der Waals surface area contributed by atoms with Crippen LogP contribution in [0.5, 0.6) is 0 Å². The highest BCUT2D eigenvalue weighted by Gasteiger charge is 2.28. The second-order valence-corrected chi connectivity index (χ2v) is 24.3. The van der Waals surface area contributed by atoms with Crippen molar-refractivity contribution >= 4 is 153 Å². The molecule has 10 nitrogen and oxygen atoms in total. The highest BCUT2D eigenvalue weighted by molar-refractivity contribution is 6.27. The van der Waals surface area contributed by atoms with E-state index in [1.165, 1.54) is 0 Å². The summed E-state index contributed by atoms with van der Waals surface area (Å²) in [5, 5.41) is 59.4. The fourth-order valence-electron chi connectivity index (χ4n) is 15.7. The molecule has 10 heteroatoms. The lowest BCUT2D eigenvalue weighted by molar-refractivity contribution is 0.672. The zero-order chi connectivity index (χ0) is 62.2. The summed E-state index contributed by atoms with van der Waals surface area (Å²) in [4.78, 5) is 0. The van der Waals surface area contributed by atoms with E-state index in [4.69, 9.17) is 8.83 Å². The molecule has 0 radical (unpaired) electrons. The van der Waals surface area contributed by atoms with Crippen LogP contribution < -0.4 is 0 Å². The van der Waals surface area contributed by atoms with Crippen LogP contribution >= 0.6 is 0 Å². The normalized spacial score (nSPS) is 12.0. The Hall–Kier alpha value is -13.6. The summed E-state index contributed by atoms with van der Waals surface area (Å²) in [6.45, 7) is 0. The maximum absolute atomic E-state index is 10.7.